The molecular formula is C32H41FIN5O3. The number of nitrogens with zero attached hydrogens (tertiary/aromatic N) is 4. The Balaban J connectivity index is 1.38. The van der Waals surface area contributed by atoms with E-state index in [-0.39, 0.29) is 23.5 Å². The summed E-state index contributed by atoms with van der Waals surface area (Å²) in [6.45, 7) is 13.7. The number of carbonyl (C=O) groups is 1. The van der Waals surface area contributed by atoms with Crippen LogP contribution >= 0.6 is 22.6 Å². The van der Waals surface area contributed by atoms with Gasteiger partial charge in [0.1, 0.15) is 21.0 Å². The number of carbonyl (C=O) groups excluding carboxylic acids is 1. The van der Waals surface area contributed by atoms with Crippen LogP contribution in [0.4, 0.5) is 9.18 Å². The summed E-state index contributed by atoms with van der Waals surface area (Å²) < 4.78 is 26.9. The summed E-state index contributed by atoms with van der Waals surface area (Å²) in [7, 11) is 0. The number of hydrogen-bond acceptors (Lipinski definition) is 6. The molecule has 4 aliphatic rings. The molecule has 3 aliphatic heterocycles. The molecule has 0 aromatic heterocycles. The fraction of sp³-hybridized carbons (Fsp3) is 0.531. The third-order valence-corrected chi connectivity index (χ3v) is 9.18. The number of amides is 1. The Morgan fingerprint density at radius 2 is 2.07 bits per heavy atom. The topological polar surface area (TPSA) is 78.8 Å². The van der Waals surface area contributed by atoms with E-state index in [9.17, 15) is 9.18 Å². The van der Waals surface area contributed by atoms with Gasteiger partial charge < -0.3 is 19.7 Å². The Hall–Kier alpha value is -2.73. The van der Waals surface area contributed by atoms with E-state index < -0.39 is 11.7 Å². The van der Waals surface area contributed by atoms with Gasteiger partial charge in [-0.3, -0.25) is 0 Å². The number of hydrazone groups is 1. The van der Waals surface area contributed by atoms with Crippen LogP contribution in [-0.2, 0) is 15.9 Å². The first kappa shape index (κ1) is 30.7. The zero-order valence-electron chi connectivity index (χ0n) is 25.0. The molecule has 1 aromatic carbocycles. The van der Waals surface area contributed by atoms with E-state index in [1.54, 1.807) is 12.1 Å². The van der Waals surface area contributed by atoms with Gasteiger partial charge >= 0.3 is 6.09 Å². The first-order valence-electron chi connectivity index (χ1n) is 14.8. The summed E-state index contributed by atoms with van der Waals surface area (Å²) in [6, 6.07) is 4.60. The molecule has 42 heavy (non-hydrogen) atoms. The second-order valence-electron chi connectivity index (χ2n) is 12.4. The first-order valence-corrected chi connectivity index (χ1v) is 15.9. The number of ether oxygens (including phenoxy) is 2. The van der Waals surface area contributed by atoms with Crippen molar-refractivity contribution in [2.75, 3.05) is 19.7 Å². The van der Waals surface area contributed by atoms with Gasteiger partial charge in [-0.15, -0.1) is 0 Å². The van der Waals surface area contributed by atoms with Crippen LogP contribution < -0.4 is 5.32 Å². The second-order valence-corrected chi connectivity index (χ2v) is 13.4. The molecule has 8 nitrogen and oxygen atoms in total. The quantitative estimate of drug-likeness (QED) is 0.338. The van der Waals surface area contributed by atoms with E-state index in [1.807, 2.05) is 50.9 Å². The summed E-state index contributed by atoms with van der Waals surface area (Å²) in [5, 5.41) is 9.86. The molecule has 0 bridgehead atoms. The highest BCUT2D eigenvalue weighted by molar-refractivity contribution is 14.1. The van der Waals surface area contributed by atoms with E-state index in [1.165, 1.54) is 6.07 Å². The Bertz CT molecular complexity index is 1330. The molecule has 1 N–H and O–H groups in total. The third kappa shape index (κ3) is 6.44. The highest BCUT2D eigenvalue weighted by atomic mass is 127. The van der Waals surface area contributed by atoms with Gasteiger partial charge in [0.05, 0.1) is 11.6 Å². The SMILES string of the molecule is C=C\C=C1/C(I)=NN(C2CCCCO2)/C1=N/C(=C\C)N1CCC2(CC1)Cc1ccc(F)cc1[C@H]2NC(=O)OC(C)(C)C. The number of benzene rings is 1. The number of likely N-dealkylation sites (tertiary alicyclic amines) is 1. The van der Waals surface area contributed by atoms with Crippen LogP contribution in [0.5, 0.6) is 0 Å². The summed E-state index contributed by atoms with van der Waals surface area (Å²) in [5.41, 5.74) is 2.00. The van der Waals surface area contributed by atoms with Crippen molar-refractivity contribution in [2.24, 2.45) is 15.5 Å². The number of amidine groups is 1. The lowest BCUT2D eigenvalue weighted by molar-refractivity contribution is -0.0540. The van der Waals surface area contributed by atoms with E-state index in [4.69, 9.17) is 19.6 Å². The molecule has 10 heteroatoms. The number of nitrogens with one attached hydrogen (secondary N) is 1. The fourth-order valence-electron chi connectivity index (χ4n) is 6.44. The molecule has 3 heterocycles. The number of halogens is 2. The number of rotatable bonds is 5. The lowest BCUT2D eigenvalue weighted by Crippen LogP contribution is -2.47. The van der Waals surface area contributed by atoms with Gasteiger partial charge in [0, 0.05) is 25.1 Å². The van der Waals surface area contributed by atoms with Crippen LogP contribution in [-0.4, -0.2) is 57.1 Å². The van der Waals surface area contributed by atoms with Gasteiger partial charge in [-0.25, -0.2) is 19.2 Å². The van der Waals surface area contributed by atoms with Gasteiger partial charge in [-0.2, -0.15) is 5.10 Å². The number of fused-ring (bicyclic) bond motifs is 1. The third-order valence-electron chi connectivity index (χ3n) is 8.39. The van der Waals surface area contributed by atoms with Crippen LogP contribution in [0.1, 0.15) is 77.0 Å². The van der Waals surface area contributed by atoms with Crippen LogP contribution in [0.3, 0.4) is 0 Å². The van der Waals surface area contributed by atoms with E-state index in [0.717, 1.165) is 90.3 Å². The smallest absolute Gasteiger partial charge is 0.408 e. The van der Waals surface area contributed by atoms with Crippen LogP contribution in [0, 0.1) is 11.2 Å². The fourth-order valence-corrected chi connectivity index (χ4v) is 7.09. The standard InChI is InChI=1S/C32H41FIN5O3/c1-6-10-23-28(34)37-39(26-11-8-9-18-41-26)29(23)35-25(7-2)38-16-14-32(15-17-38)20-21-12-13-22(33)19-24(21)27(32)36-30(40)42-31(3,4)5/h6-7,10,12-13,19,26-27H,1,8-9,11,14-18,20H2,2-5H3,(H,36,40)/b23-10+,25-7+,35-29+/t26?,27-/m1/s1. The van der Waals surface area contributed by atoms with Crippen molar-refractivity contribution in [3.63, 3.8) is 0 Å². The normalized spacial score (nSPS) is 26.0. The second kappa shape index (κ2) is 12.5. The Morgan fingerprint density at radius 3 is 2.71 bits per heavy atom. The molecule has 0 saturated carbocycles. The summed E-state index contributed by atoms with van der Waals surface area (Å²) in [6.07, 6.45) is 10.6. The molecule has 1 spiro atoms. The molecule has 0 radical (unpaired) electrons. The minimum absolute atomic E-state index is 0.141. The summed E-state index contributed by atoms with van der Waals surface area (Å²) in [5.74, 6) is 1.34. The molecule has 2 atom stereocenters. The van der Waals surface area contributed by atoms with Crippen LogP contribution in [0.15, 0.2) is 64.5 Å². The molecule has 2 fully saturated rings. The van der Waals surface area contributed by atoms with Gasteiger partial charge in [-0.05, 0) is 124 Å². The summed E-state index contributed by atoms with van der Waals surface area (Å²) in [4.78, 5) is 20.4. The molecule has 2 saturated heterocycles. The number of aliphatic imine (C=N–C) groups is 1. The van der Waals surface area contributed by atoms with Gasteiger partial charge in [0.2, 0.25) is 0 Å². The van der Waals surface area contributed by atoms with Gasteiger partial charge in [0.15, 0.2) is 12.1 Å². The molecule has 5 rings (SSSR count). The monoisotopic (exact) mass is 689 g/mol. The maximum absolute atomic E-state index is 14.4. The van der Waals surface area contributed by atoms with Crippen LogP contribution in [0.25, 0.3) is 0 Å². The molecule has 1 aliphatic carbocycles. The lowest BCUT2D eigenvalue weighted by Gasteiger charge is -2.44. The minimum Gasteiger partial charge on any atom is -0.444 e. The largest absolute Gasteiger partial charge is 0.444 e. The van der Waals surface area contributed by atoms with Crippen molar-refractivity contribution in [1.82, 2.24) is 15.2 Å². The van der Waals surface area contributed by atoms with E-state index >= 15 is 0 Å². The van der Waals surface area contributed by atoms with Crippen molar-refractivity contribution in [1.29, 1.82) is 0 Å². The number of hydrogen-bond donors (Lipinski definition) is 1. The van der Waals surface area contributed by atoms with Crippen molar-refractivity contribution in [3.8, 4) is 0 Å². The predicted molar refractivity (Wildman–Crippen MR) is 172 cm³/mol. The van der Waals surface area contributed by atoms with E-state index in [0.29, 0.717) is 0 Å². The predicted octanol–water partition coefficient (Wildman–Crippen LogP) is 6.99. The molecule has 226 valence electrons. The Morgan fingerprint density at radius 1 is 1.31 bits per heavy atom. The molecule has 1 unspecified atom stereocenters. The average molecular weight is 690 g/mol. The zero-order valence-corrected chi connectivity index (χ0v) is 27.1. The number of piperidine rings is 1. The maximum atomic E-state index is 14.4. The highest BCUT2D eigenvalue weighted by Crippen LogP contribution is 2.52. The molecule has 1 amide bonds. The lowest BCUT2D eigenvalue weighted by atomic mass is 9.72. The highest BCUT2D eigenvalue weighted by Gasteiger charge is 2.49. The van der Waals surface area contributed by atoms with Crippen LogP contribution in [0.2, 0.25) is 0 Å². The van der Waals surface area contributed by atoms with E-state index in [2.05, 4.69) is 39.4 Å². The molecule has 1 aromatic rings. The van der Waals surface area contributed by atoms with Gasteiger partial charge in [-0.1, -0.05) is 18.7 Å². The maximum Gasteiger partial charge on any atom is 0.408 e. The Labute approximate surface area is 261 Å². The number of alkyl carbamates (subject to hydrolysis) is 1. The van der Waals surface area contributed by atoms with Crippen molar-refractivity contribution >= 4 is 38.2 Å². The average Bonchev–Trinajstić information content (AvgIpc) is 3.41. The minimum atomic E-state index is -0.624. The van der Waals surface area contributed by atoms with Crippen molar-refractivity contribution in [2.45, 2.75) is 84.1 Å². The van der Waals surface area contributed by atoms with Crippen molar-refractivity contribution < 1.29 is 18.7 Å². The van der Waals surface area contributed by atoms with Gasteiger partial charge in [0.25, 0.3) is 0 Å². The Kier molecular flexibility index (Phi) is 9.13. The molecular weight excluding hydrogens is 648 g/mol. The number of allylic oxidation sites excluding steroid dienone is 3. The van der Waals surface area contributed by atoms with Crippen molar-refractivity contribution in [3.05, 3.63) is 71.3 Å². The first-order chi connectivity index (χ1) is 20.0. The summed E-state index contributed by atoms with van der Waals surface area (Å²) >= 11 is 2.25. The zero-order chi connectivity index (χ0) is 30.1.